The lowest BCUT2D eigenvalue weighted by atomic mass is 10.0. The van der Waals surface area contributed by atoms with E-state index in [1.54, 1.807) is 0 Å². The molecular formula is C13H6ClF4NO. The van der Waals surface area contributed by atoms with E-state index < -0.39 is 28.6 Å². The Balaban J connectivity index is 2.38. The summed E-state index contributed by atoms with van der Waals surface area (Å²) in [6.07, 6.45) is -4.64. The molecule has 0 radical (unpaired) electrons. The summed E-state index contributed by atoms with van der Waals surface area (Å²) < 4.78 is 50.0. The molecule has 0 unspecified atom stereocenters. The molecule has 7 heteroatoms. The minimum absolute atomic E-state index is 0.106. The van der Waals surface area contributed by atoms with Crippen LogP contribution in [0.5, 0.6) is 0 Å². The number of aromatic nitrogens is 1. The monoisotopic (exact) mass is 303 g/mol. The molecule has 1 aromatic carbocycles. The predicted molar refractivity (Wildman–Crippen MR) is 64.1 cm³/mol. The van der Waals surface area contributed by atoms with Gasteiger partial charge in [0.05, 0.1) is 5.56 Å². The van der Waals surface area contributed by atoms with Gasteiger partial charge in [-0.1, -0.05) is 11.6 Å². The zero-order valence-electron chi connectivity index (χ0n) is 9.71. The molecule has 0 N–H and O–H groups in total. The van der Waals surface area contributed by atoms with Crippen molar-refractivity contribution in [2.24, 2.45) is 0 Å². The molecule has 0 saturated heterocycles. The van der Waals surface area contributed by atoms with Crippen LogP contribution in [0.25, 0.3) is 0 Å². The molecule has 2 aromatic rings. The Morgan fingerprint density at radius 1 is 1.05 bits per heavy atom. The van der Waals surface area contributed by atoms with E-state index in [2.05, 4.69) is 4.98 Å². The Bertz CT molecular complexity index is 652. The van der Waals surface area contributed by atoms with Gasteiger partial charge >= 0.3 is 6.18 Å². The van der Waals surface area contributed by atoms with Crippen molar-refractivity contribution in [1.29, 1.82) is 0 Å². The zero-order chi connectivity index (χ0) is 14.9. The third kappa shape index (κ3) is 2.96. The van der Waals surface area contributed by atoms with E-state index in [0.717, 1.165) is 18.2 Å². The summed E-state index contributed by atoms with van der Waals surface area (Å²) in [6, 6.07) is 6.18. The average molecular weight is 304 g/mol. The number of ketones is 1. The van der Waals surface area contributed by atoms with Crippen molar-refractivity contribution in [3.05, 3.63) is 64.2 Å². The molecule has 0 spiro atoms. The maximum absolute atomic E-state index is 12.7. The number of alkyl halides is 3. The lowest BCUT2D eigenvalue weighted by Crippen LogP contribution is -2.10. The van der Waals surface area contributed by atoms with Gasteiger partial charge in [0, 0.05) is 5.56 Å². The van der Waals surface area contributed by atoms with Crippen LogP contribution < -0.4 is 0 Å². The molecule has 2 nitrogen and oxygen atoms in total. The van der Waals surface area contributed by atoms with Crippen molar-refractivity contribution in [2.75, 3.05) is 0 Å². The molecule has 1 heterocycles. The van der Waals surface area contributed by atoms with Crippen LogP contribution >= 0.6 is 11.6 Å². The number of rotatable bonds is 2. The number of halogens is 5. The highest BCUT2D eigenvalue weighted by molar-refractivity contribution is 6.33. The van der Waals surface area contributed by atoms with Gasteiger partial charge < -0.3 is 0 Å². The molecule has 0 aliphatic rings. The van der Waals surface area contributed by atoms with Crippen molar-refractivity contribution >= 4 is 17.4 Å². The Kier molecular flexibility index (Phi) is 3.76. The summed E-state index contributed by atoms with van der Waals surface area (Å²) in [6.45, 7) is 0. The van der Waals surface area contributed by atoms with Gasteiger partial charge in [0.25, 0.3) is 0 Å². The molecule has 0 aliphatic heterocycles. The van der Waals surface area contributed by atoms with Gasteiger partial charge in [-0.25, -0.2) is 9.37 Å². The number of carbonyl (C=O) groups excluding carboxylic acids is 1. The maximum atomic E-state index is 12.7. The van der Waals surface area contributed by atoms with Gasteiger partial charge in [0.2, 0.25) is 0 Å². The molecular weight excluding hydrogens is 298 g/mol. The van der Waals surface area contributed by atoms with E-state index in [4.69, 9.17) is 11.6 Å². The molecule has 1 aromatic heterocycles. The van der Waals surface area contributed by atoms with Crippen LogP contribution in [0, 0.1) is 5.82 Å². The second-order valence-corrected chi connectivity index (χ2v) is 4.23. The maximum Gasteiger partial charge on any atom is 0.433 e. The Morgan fingerprint density at radius 3 is 2.15 bits per heavy atom. The zero-order valence-corrected chi connectivity index (χ0v) is 10.5. The molecule has 2 rings (SSSR count). The van der Waals surface area contributed by atoms with Gasteiger partial charge in [-0.3, -0.25) is 4.79 Å². The number of nitrogens with zero attached hydrogens (tertiary/aromatic N) is 1. The van der Waals surface area contributed by atoms with Crippen LogP contribution in [0.2, 0.25) is 5.15 Å². The Hall–Kier alpha value is -1.95. The summed E-state index contributed by atoms with van der Waals surface area (Å²) in [5, 5.41) is -0.547. The van der Waals surface area contributed by atoms with Crippen molar-refractivity contribution in [3.8, 4) is 0 Å². The highest BCUT2D eigenvalue weighted by Gasteiger charge is 2.33. The van der Waals surface area contributed by atoms with E-state index in [1.807, 2.05) is 0 Å². The van der Waals surface area contributed by atoms with Crippen LogP contribution in [0.1, 0.15) is 21.6 Å². The summed E-state index contributed by atoms with van der Waals surface area (Å²) >= 11 is 5.61. The first-order chi connectivity index (χ1) is 9.29. The summed E-state index contributed by atoms with van der Waals surface area (Å²) in [4.78, 5) is 15.2. The van der Waals surface area contributed by atoms with Crippen molar-refractivity contribution in [2.45, 2.75) is 6.18 Å². The largest absolute Gasteiger partial charge is 0.433 e. The fourth-order valence-corrected chi connectivity index (χ4v) is 1.76. The van der Waals surface area contributed by atoms with Crippen LogP contribution in [0.4, 0.5) is 17.6 Å². The van der Waals surface area contributed by atoms with Gasteiger partial charge in [-0.15, -0.1) is 0 Å². The molecule has 0 saturated carbocycles. The van der Waals surface area contributed by atoms with Crippen LogP contribution in [0.3, 0.4) is 0 Å². The predicted octanol–water partition coefficient (Wildman–Crippen LogP) is 4.12. The third-order valence-electron chi connectivity index (χ3n) is 2.49. The molecule has 0 fully saturated rings. The minimum Gasteiger partial charge on any atom is -0.288 e. The normalized spacial score (nSPS) is 11.4. The number of pyridine rings is 1. The number of hydrogen-bond donors (Lipinski definition) is 0. The van der Waals surface area contributed by atoms with Gasteiger partial charge in [-0.2, -0.15) is 13.2 Å². The Labute approximate surface area is 116 Å². The molecule has 0 amide bonds. The second kappa shape index (κ2) is 5.20. The molecule has 0 aliphatic carbocycles. The number of carbonyl (C=O) groups is 1. The van der Waals surface area contributed by atoms with E-state index in [9.17, 15) is 22.4 Å². The third-order valence-corrected chi connectivity index (χ3v) is 2.78. The molecule has 0 atom stereocenters. The molecule has 0 bridgehead atoms. The van der Waals surface area contributed by atoms with Crippen molar-refractivity contribution < 1.29 is 22.4 Å². The highest BCUT2D eigenvalue weighted by Crippen LogP contribution is 2.30. The van der Waals surface area contributed by atoms with E-state index in [0.29, 0.717) is 6.07 Å². The topological polar surface area (TPSA) is 30.0 Å². The van der Waals surface area contributed by atoms with Gasteiger partial charge in [0.15, 0.2) is 5.78 Å². The van der Waals surface area contributed by atoms with Crippen LogP contribution in [-0.2, 0) is 6.18 Å². The van der Waals surface area contributed by atoms with E-state index in [1.165, 1.54) is 12.1 Å². The minimum atomic E-state index is -4.64. The van der Waals surface area contributed by atoms with Crippen molar-refractivity contribution in [3.63, 3.8) is 0 Å². The highest BCUT2D eigenvalue weighted by atomic mass is 35.5. The first kappa shape index (κ1) is 14.5. The average Bonchev–Trinajstić information content (AvgIpc) is 2.37. The van der Waals surface area contributed by atoms with E-state index in [-0.39, 0.29) is 11.1 Å². The first-order valence-electron chi connectivity index (χ1n) is 5.33. The standard InChI is InChI=1S/C13H6ClF4NO/c14-12-9(5-6-10(19-12)13(16,17)18)11(20)7-1-3-8(15)4-2-7/h1-6H. The smallest absolute Gasteiger partial charge is 0.288 e. The SMILES string of the molecule is O=C(c1ccc(F)cc1)c1ccc(C(F)(F)F)nc1Cl. The van der Waals surface area contributed by atoms with Crippen molar-refractivity contribution in [1.82, 2.24) is 4.98 Å². The molecule has 20 heavy (non-hydrogen) atoms. The summed E-state index contributed by atoms with van der Waals surface area (Å²) in [7, 11) is 0. The van der Waals surface area contributed by atoms with Crippen LogP contribution in [-0.4, -0.2) is 10.8 Å². The lowest BCUT2D eigenvalue weighted by molar-refractivity contribution is -0.141. The number of hydrogen-bond acceptors (Lipinski definition) is 2. The first-order valence-corrected chi connectivity index (χ1v) is 5.71. The number of benzene rings is 1. The van der Waals surface area contributed by atoms with Crippen LogP contribution in [0.15, 0.2) is 36.4 Å². The lowest BCUT2D eigenvalue weighted by Gasteiger charge is -2.08. The fourth-order valence-electron chi connectivity index (χ4n) is 1.52. The second-order valence-electron chi connectivity index (χ2n) is 3.87. The van der Waals surface area contributed by atoms with E-state index >= 15 is 0 Å². The quantitative estimate of drug-likeness (QED) is 0.474. The molecule has 104 valence electrons. The summed E-state index contributed by atoms with van der Waals surface area (Å²) in [5.41, 5.74) is -1.25. The summed E-state index contributed by atoms with van der Waals surface area (Å²) in [5.74, 6) is -1.16. The Morgan fingerprint density at radius 2 is 1.65 bits per heavy atom. The van der Waals surface area contributed by atoms with Gasteiger partial charge in [0.1, 0.15) is 16.7 Å². The fraction of sp³-hybridized carbons (Fsp3) is 0.0769. The van der Waals surface area contributed by atoms with Gasteiger partial charge in [-0.05, 0) is 36.4 Å².